The van der Waals surface area contributed by atoms with Crippen molar-refractivity contribution in [2.24, 2.45) is 0 Å². The molecule has 0 bridgehead atoms. The molecule has 0 radical (unpaired) electrons. The number of nitrogens with one attached hydrogen (secondary N) is 1. The van der Waals surface area contributed by atoms with E-state index in [4.69, 9.17) is 0 Å². The Kier molecular flexibility index (Phi) is 5.28. The molecule has 31 heavy (non-hydrogen) atoms. The van der Waals surface area contributed by atoms with Gasteiger partial charge >= 0.3 is 12.4 Å². The third-order valence-corrected chi connectivity index (χ3v) is 5.31. The molecule has 2 atom stereocenters. The summed E-state index contributed by atoms with van der Waals surface area (Å²) >= 11 is 0. The third kappa shape index (κ3) is 4.16. The second kappa shape index (κ2) is 7.66. The first-order valence-corrected chi connectivity index (χ1v) is 9.48. The van der Waals surface area contributed by atoms with Gasteiger partial charge in [-0.05, 0) is 25.0 Å². The Labute approximate surface area is 171 Å². The quantitative estimate of drug-likeness (QED) is 0.579. The third-order valence-electron chi connectivity index (χ3n) is 5.31. The number of aromatic nitrogens is 4. The van der Waals surface area contributed by atoms with E-state index in [1.54, 1.807) is 0 Å². The van der Waals surface area contributed by atoms with Crippen molar-refractivity contribution in [3.63, 3.8) is 0 Å². The molecule has 2 N–H and O–H groups in total. The van der Waals surface area contributed by atoms with Gasteiger partial charge in [-0.3, -0.25) is 4.40 Å². The monoisotopic (exact) mass is 445 g/mol. The Balaban J connectivity index is 1.80. The molecule has 1 aliphatic rings. The van der Waals surface area contributed by atoms with Crippen LogP contribution in [-0.4, -0.2) is 36.8 Å². The molecule has 4 rings (SSSR count). The zero-order valence-corrected chi connectivity index (χ0v) is 15.9. The normalized spacial score (nSPS) is 20.2. The average Bonchev–Trinajstić information content (AvgIpc) is 3.18. The van der Waals surface area contributed by atoms with E-state index in [9.17, 15) is 31.4 Å². The number of aliphatic hydroxyl groups excluding tert-OH is 1. The van der Waals surface area contributed by atoms with Crippen molar-refractivity contribution in [1.82, 2.24) is 19.6 Å². The molecule has 1 saturated carbocycles. The van der Waals surface area contributed by atoms with Gasteiger partial charge in [0.05, 0.1) is 35.0 Å². The fourth-order valence-electron chi connectivity index (χ4n) is 3.73. The fraction of sp³-hybridized carbons (Fsp3) is 0.421. The van der Waals surface area contributed by atoms with Crippen molar-refractivity contribution < 1.29 is 31.4 Å². The molecular formula is C19H17F6N5O. The standard InChI is InChI=1S/C19H17F6N5O/c20-18(21,22)10-5-6-11(12(7-10)19(23,24)25)16-14-8-26-9-30(14)17(29-28-16)27-13-3-1-2-4-15(13)31/h5-9,13,15,31H,1-4H2,(H,27,29)/t13?,15-/m0/s1. The number of halogens is 6. The smallest absolute Gasteiger partial charge is 0.391 e. The number of anilines is 1. The summed E-state index contributed by atoms with van der Waals surface area (Å²) in [6.07, 6.45) is -4.95. The average molecular weight is 445 g/mol. The summed E-state index contributed by atoms with van der Waals surface area (Å²) in [6, 6.07) is 1.06. The van der Waals surface area contributed by atoms with Crippen LogP contribution < -0.4 is 5.32 Å². The van der Waals surface area contributed by atoms with Gasteiger partial charge in [0.25, 0.3) is 0 Å². The van der Waals surface area contributed by atoms with E-state index in [2.05, 4.69) is 20.5 Å². The number of hydrogen-bond acceptors (Lipinski definition) is 5. The number of imidazole rings is 1. The summed E-state index contributed by atoms with van der Waals surface area (Å²) in [5, 5.41) is 21.0. The molecule has 1 fully saturated rings. The molecule has 3 aromatic rings. The highest BCUT2D eigenvalue weighted by Gasteiger charge is 2.39. The van der Waals surface area contributed by atoms with Gasteiger partial charge in [0.1, 0.15) is 12.0 Å². The summed E-state index contributed by atoms with van der Waals surface area (Å²) in [5.74, 6) is 0.169. The van der Waals surface area contributed by atoms with Gasteiger partial charge in [0.2, 0.25) is 5.95 Å². The summed E-state index contributed by atoms with van der Waals surface area (Å²) in [6.45, 7) is 0. The van der Waals surface area contributed by atoms with E-state index in [1.165, 1.54) is 16.9 Å². The molecule has 0 amide bonds. The van der Waals surface area contributed by atoms with Gasteiger partial charge in [0.15, 0.2) is 0 Å². The Bertz CT molecular complexity index is 1090. The van der Waals surface area contributed by atoms with E-state index in [0.717, 1.165) is 18.9 Å². The largest absolute Gasteiger partial charge is 0.417 e. The lowest BCUT2D eigenvalue weighted by molar-refractivity contribution is -0.142. The molecule has 166 valence electrons. The van der Waals surface area contributed by atoms with Gasteiger partial charge in [-0.1, -0.05) is 18.9 Å². The summed E-state index contributed by atoms with van der Waals surface area (Å²) in [5.41, 5.74) is -3.54. The first-order chi connectivity index (χ1) is 14.6. The topological polar surface area (TPSA) is 75.3 Å². The summed E-state index contributed by atoms with van der Waals surface area (Å²) in [7, 11) is 0. The van der Waals surface area contributed by atoms with Gasteiger partial charge in [-0.15, -0.1) is 10.2 Å². The van der Waals surface area contributed by atoms with E-state index in [1.807, 2.05) is 0 Å². The van der Waals surface area contributed by atoms with Crippen LogP contribution in [0.3, 0.4) is 0 Å². The van der Waals surface area contributed by atoms with Crippen molar-refractivity contribution >= 4 is 11.5 Å². The highest BCUT2D eigenvalue weighted by molar-refractivity contribution is 5.79. The van der Waals surface area contributed by atoms with Crippen LogP contribution in [0.5, 0.6) is 0 Å². The summed E-state index contributed by atoms with van der Waals surface area (Å²) < 4.78 is 81.0. The van der Waals surface area contributed by atoms with Gasteiger partial charge in [0, 0.05) is 5.56 Å². The van der Waals surface area contributed by atoms with Crippen LogP contribution in [0.25, 0.3) is 16.8 Å². The maximum Gasteiger partial charge on any atom is 0.417 e. The number of rotatable bonds is 3. The Morgan fingerprint density at radius 2 is 1.74 bits per heavy atom. The maximum atomic E-state index is 13.6. The van der Waals surface area contributed by atoms with Crippen LogP contribution in [0.4, 0.5) is 32.3 Å². The van der Waals surface area contributed by atoms with Crippen LogP contribution in [0.1, 0.15) is 36.8 Å². The van der Waals surface area contributed by atoms with E-state index in [-0.39, 0.29) is 29.3 Å². The Hall–Kier alpha value is -2.89. The summed E-state index contributed by atoms with van der Waals surface area (Å²) in [4.78, 5) is 3.93. The fourth-order valence-corrected chi connectivity index (χ4v) is 3.73. The minimum absolute atomic E-state index is 0.0639. The van der Waals surface area contributed by atoms with Crippen LogP contribution >= 0.6 is 0 Å². The first kappa shape index (κ1) is 21.3. The number of nitrogens with zero attached hydrogens (tertiary/aromatic N) is 4. The number of aliphatic hydroxyl groups is 1. The molecule has 0 saturated heterocycles. The second-order valence-electron chi connectivity index (χ2n) is 7.38. The van der Waals surface area contributed by atoms with Crippen LogP contribution in [0.2, 0.25) is 0 Å². The minimum Gasteiger partial charge on any atom is -0.391 e. The van der Waals surface area contributed by atoms with Gasteiger partial charge in [-0.2, -0.15) is 26.3 Å². The predicted molar refractivity (Wildman–Crippen MR) is 98.1 cm³/mol. The SMILES string of the molecule is O[C@H]1CCCCC1Nc1nnc(-c2ccc(C(F)(F)F)cc2C(F)(F)F)c2cncn12. The maximum absolute atomic E-state index is 13.6. The zero-order valence-electron chi connectivity index (χ0n) is 15.9. The van der Waals surface area contributed by atoms with Crippen molar-refractivity contribution in [2.45, 2.75) is 50.2 Å². The Morgan fingerprint density at radius 3 is 2.42 bits per heavy atom. The lowest BCUT2D eigenvalue weighted by atomic mass is 9.93. The Morgan fingerprint density at radius 1 is 1.00 bits per heavy atom. The number of hydrogen-bond donors (Lipinski definition) is 2. The molecule has 0 spiro atoms. The van der Waals surface area contributed by atoms with Crippen molar-refractivity contribution in [2.75, 3.05) is 5.32 Å². The molecule has 2 heterocycles. The highest BCUT2D eigenvalue weighted by Crippen LogP contribution is 2.41. The molecular weight excluding hydrogens is 428 g/mol. The molecule has 2 aromatic heterocycles. The van der Waals surface area contributed by atoms with E-state index < -0.39 is 35.1 Å². The van der Waals surface area contributed by atoms with Crippen LogP contribution in [-0.2, 0) is 12.4 Å². The van der Waals surface area contributed by atoms with Gasteiger partial charge < -0.3 is 10.4 Å². The number of alkyl halides is 6. The minimum atomic E-state index is -5.04. The van der Waals surface area contributed by atoms with Gasteiger partial charge in [-0.25, -0.2) is 4.98 Å². The van der Waals surface area contributed by atoms with Crippen molar-refractivity contribution in [3.8, 4) is 11.3 Å². The number of fused-ring (bicyclic) bond motifs is 1. The first-order valence-electron chi connectivity index (χ1n) is 9.48. The van der Waals surface area contributed by atoms with Crippen molar-refractivity contribution in [3.05, 3.63) is 41.9 Å². The molecule has 1 unspecified atom stereocenters. The van der Waals surface area contributed by atoms with Crippen LogP contribution in [0.15, 0.2) is 30.7 Å². The van der Waals surface area contributed by atoms with E-state index in [0.29, 0.717) is 18.9 Å². The number of benzene rings is 1. The van der Waals surface area contributed by atoms with E-state index >= 15 is 0 Å². The predicted octanol–water partition coefficient (Wildman–Crippen LogP) is 4.54. The highest BCUT2D eigenvalue weighted by atomic mass is 19.4. The lowest BCUT2D eigenvalue weighted by Crippen LogP contribution is -2.37. The molecule has 12 heteroatoms. The zero-order chi connectivity index (χ0) is 22.4. The second-order valence-corrected chi connectivity index (χ2v) is 7.38. The molecule has 6 nitrogen and oxygen atoms in total. The van der Waals surface area contributed by atoms with Crippen LogP contribution in [0, 0.1) is 0 Å². The van der Waals surface area contributed by atoms with Crippen molar-refractivity contribution in [1.29, 1.82) is 0 Å². The molecule has 0 aliphatic heterocycles. The molecule has 1 aliphatic carbocycles. The molecule has 1 aromatic carbocycles. The lowest BCUT2D eigenvalue weighted by Gasteiger charge is -2.28.